The normalized spacial score (nSPS) is 11.8. The first-order chi connectivity index (χ1) is 19.0. The summed E-state index contributed by atoms with van der Waals surface area (Å²) in [5, 5.41) is 3.21. The van der Waals surface area contributed by atoms with Crippen LogP contribution < -0.4 is 19.1 Å². The van der Waals surface area contributed by atoms with Crippen LogP contribution in [0.15, 0.2) is 71.6 Å². The van der Waals surface area contributed by atoms with Gasteiger partial charge in [0.2, 0.25) is 11.8 Å². The number of benzene rings is 3. The number of nitrogens with one attached hydrogen (secondary N) is 1. The zero-order chi connectivity index (χ0) is 29.4. The van der Waals surface area contributed by atoms with Crippen molar-refractivity contribution < 1.29 is 27.5 Å². The molecule has 0 radical (unpaired) electrons. The van der Waals surface area contributed by atoms with Gasteiger partial charge in [0, 0.05) is 24.2 Å². The molecule has 0 bridgehead atoms. The summed E-state index contributed by atoms with van der Waals surface area (Å²) in [7, 11) is -1.30. The minimum absolute atomic E-state index is 0.0128. The van der Waals surface area contributed by atoms with Crippen LogP contribution in [0, 0.1) is 6.92 Å². The van der Waals surface area contributed by atoms with Crippen LogP contribution in [-0.4, -0.2) is 58.5 Å². The third-order valence-electron chi connectivity index (χ3n) is 6.30. The van der Waals surface area contributed by atoms with Gasteiger partial charge in [0.1, 0.15) is 12.6 Å². The van der Waals surface area contributed by atoms with Crippen molar-refractivity contribution in [2.24, 2.45) is 0 Å². The number of carbonyl (C=O) groups is 2. The number of methoxy groups -OCH3 is 2. The lowest BCUT2D eigenvalue weighted by atomic mass is 10.1. The molecule has 0 saturated carbocycles. The Balaban J connectivity index is 2.09. The molecule has 0 unspecified atom stereocenters. The molecule has 3 aromatic carbocycles. The number of nitrogens with zero attached hydrogens (tertiary/aromatic N) is 2. The average molecular weight is 588 g/mol. The molecular formula is C29H34ClN3O6S. The van der Waals surface area contributed by atoms with E-state index in [9.17, 15) is 18.0 Å². The van der Waals surface area contributed by atoms with Crippen LogP contribution in [-0.2, 0) is 26.2 Å². The molecule has 3 rings (SSSR count). The Morgan fingerprint density at radius 1 is 0.975 bits per heavy atom. The van der Waals surface area contributed by atoms with Gasteiger partial charge in [-0.15, -0.1) is 0 Å². The summed E-state index contributed by atoms with van der Waals surface area (Å²) in [5.41, 5.74) is 1.77. The number of ether oxygens (including phenoxy) is 2. The van der Waals surface area contributed by atoms with Crippen molar-refractivity contribution in [2.45, 2.75) is 38.3 Å². The summed E-state index contributed by atoms with van der Waals surface area (Å²) in [5.74, 6) is -0.248. The third kappa shape index (κ3) is 7.25. The van der Waals surface area contributed by atoms with E-state index in [1.165, 1.54) is 43.4 Å². The Labute approximate surface area is 240 Å². The van der Waals surface area contributed by atoms with E-state index in [0.29, 0.717) is 28.6 Å². The second-order valence-electron chi connectivity index (χ2n) is 9.09. The first kappa shape index (κ1) is 30.8. The van der Waals surface area contributed by atoms with Gasteiger partial charge in [-0.05, 0) is 62.7 Å². The van der Waals surface area contributed by atoms with Crippen LogP contribution in [0.2, 0.25) is 5.02 Å². The summed E-state index contributed by atoms with van der Waals surface area (Å²) in [6.07, 6.45) is 0. The molecule has 0 spiro atoms. The van der Waals surface area contributed by atoms with Crippen molar-refractivity contribution in [1.29, 1.82) is 0 Å². The standard InChI is InChI=1S/C29H34ClN3O6S/c1-6-31-29(35)21(3)32(18-22-8-7-9-23(30)16-22)28(34)19-33(24-12-15-26(38-4)27(17-24)39-5)40(36,37)25-13-10-20(2)11-14-25/h7-17,21H,6,18-19H2,1-5H3,(H,31,35)/t21-/m0/s1. The van der Waals surface area contributed by atoms with E-state index in [4.69, 9.17) is 21.1 Å². The fourth-order valence-corrected chi connectivity index (χ4v) is 5.70. The molecule has 0 saturated heterocycles. The Kier molecular flexibility index (Phi) is 10.4. The van der Waals surface area contributed by atoms with Crippen LogP contribution in [0.25, 0.3) is 0 Å². The number of halogens is 1. The van der Waals surface area contributed by atoms with Gasteiger partial charge >= 0.3 is 0 Å². The molecule has 9 nitrogen and oxygen atoms in total. The monoisotopic (exact) mass is 587 g/mol. The maximum absolute atomic E-state index is 14.0. The molecule has 0 aromatic heterocycles. The predicted molar refractivity (Wildman–Crippen MR) is 155 cm³/mol. The van der Waals surface area contributed by atoms with Crippen molar-refractivity contribution >= 4 is 39.1 Å². The largest absolute Gasteiger partial charge is 0.493 e. The lowest BCUT2D eigenvalue weighted by Crippen LogP contribution is -2.51. The van der Waals surface area contributed by atoms with Crippen molar-refractivity contribution in [1.82, 2.24) is 10.2 Å². The lowest BCUT2D eigenvalue weighted by Gasteiger charge is -2.32. The molecule has 0 aliphatic carbocycles. The molecular weight excluding hydrogens is 554 g/mol. The van der Waals surface area contributed by atoms with Gasteiger partial charge in [-0.2, -0.15) is 0 Å². The van der Waals surface area contributed by atoms with Crippen LogP contribution >= 0.6 is 11.6 Å². The Morgan fingerprint density at radius 3 is 2.25 bits per heavy atom. The highest BCUT2D eigenvalue weighted by Gasteiger charge is 2.33. The van der Waals surface area contributed by atoms with E-state index in [2.05, 4.69) is 5.32 Å². The van der Waals surface area contributed by atoms with E-state index < -0.39 is 28.5 Å². The highest BCUT2D eigenvalue weighted by atomic mass is 35.5. The molecule has 1 atom stereocenters. The zero-order valence-electron chi connectivity index (χ0n) is 23.2. The number of carbonyl (C=O) groups excluding carboxylic acids is 2. The van der Waals surface area contributed by atoms with E-state index in [1.54, 1.807) is 56.3 Å². The van der Waals surface area contributed by atoms with E-state index in [0.717, 1.165) is 9.87 Å². The van der Waals surface area contributed by atoms with E-state index in [1.807, 2.05) is 6.92 Å². The highest BCUT2D eigenvalue weighted by Crippen LogP contribution is 2.34. The van der Waals surface area contributed by atoms with Gasteiger partial charge in [0.05, 0.1) is 24.8 Å². The number of hydrogen-bond donors (Lipinski definition) is 1. The fraction of sp³-hybridized carbons (Fsp3) is 0.310. The molecule has 214 valence electrons. The third-order valence-corrected chi connectivity index (χ3v) is 8.33. The van der Waals surface area contributed by atoms with Crippen molar-refractivity contribution in [3.05, 3.63) is 82.9 Å². The van der Waals surface area contributed by atoms with Gasteiger partial charge in [-0.3, -0.25) is 13.9 Å². The summed E-state index contributed by atoms with van der Waals surface area (Å²) >= 11 is 6.16. The lowest BCUT2D eigenvalue weighted by molar-refractivity contribution is -0.139. The van der Waals surface area contributed by atoms with Crippen LogP contribution in [0.1, 0.15) is 25.0 Å². The Hall–Kier alpha value is -3.76. The SMILES string of the molecule is CCNC(=O)[C@H](C)N(Cc1cccc(Cl)c1)C(=O)CN(c1ccc(OC)c(OC)c1)S(=O)(=O)c1ccc(C)cc1. The molecule has 11 heteroatoms. The van der Waals surface area contributed by atoms with Gasteiger partial charge in [-0.1, -0.05) is 41.4 Å². The van der Waals surface area contributed by atoms with E-state index >= 15 is 0 Å². The number of hydrogen-bond acceptors (Lipinski definition) is 6. The first-order valence-electron chi connectivity index (χ1n) is 12.6. The topological polar surface area (TPSA) is 105 Å². The Morgan fingerprint density at radius 2 is 1.65 bits per heavy atom. The number of anilines is 1. The maximum atomic E-state index is 14.0. The van der Waals surface area contributed by atoms with Crippen molar-refractivity contribution in [2.75, 3.05) is 31.6 Å². The molecule has 2 amide bonds. The van der Waals surface area contributed by atoms with Crippen molar-refractivity contribution in [3.8, 4) is 11.5 Å². The maximum Gasteiger partial charge on any atom is 0.264 e. The molecule has 0 fully saturated rings. The number of rotatable bonds is 12. The second kappa shape index (κ2) is 13.5. The number of amides is 2. The van der Waals surface area contributed by atoms with Crippen LogP contribution in [0.3, 0.4) is 0 Å². The predicted octanol–water partition coefficient (Wildman–Crippen LogP) is 4.41. The summed E-state index contributed by atoms with van der Waals surface area (Å²) < 4.78 is 39.6. The first-order valence-corrected chi connectivity index (χ1v) is 14.5. The van der Waals surface area contributed by atoms with Crippen LogP contribution in [0.4, 0.5) is 5.69 Å². The van der Waals surface area contributed by atoms with Gasteiger partial charge in [0.25, 0.3) is 10.0 Å². The molecule has 1 N–H and O–H groups in total. The average Bonchev–Trinajstić information content (AvgIpc) is 2.94. The van der Waals surface area contributed by atoms with Gasteiger partial charge in [-0.25, -0.2) is 8.42 Å². The van der Waals surface area contributed by atoms with Gasteiger partial charge < -0.3 is 19.7 Å². The summed E-state index contributed by atoms with van der Waals surface area (Å²) in [4.78, 5) is 28.1. The molecule has 40 heavy (non-hydrogen) atoms. The molecule has 0 aliphatic rings. The highest BCUT2D eigenvalue weighted by molar-refractivity contribution is 7.92. The molecule has 3 aromatic rings. The number of likely N-dealkylation sites (N-methyl/N-ethyl adjacent to an activating group) is 1. The minimum Gasteiger partial charge on any atom is -0.493 e. The van der Waals surface area contributed by atoms with Gasteiger partial charge in [0.15, 0.2) is 11.5 Å². The smallest absolute Gasteiger partial charge is 0.264 e. The Bertz CT molecular complexity index is 1450. The minimum atomic E-state index is -4.21. The van der Waals surface area contributed by atoms with E-state index in [-0.39, 0.29) is 23.0 Å². The fourth-order valence-electron chi connectivity index (χ4n) is 4.08. The van der Waals surface area contributed by atoms with Crippen molar-refractivity contribution in [3.63, 3.8) is 0 Å². The number of aryl methyl sites for hydroxylation is 1. The number of sulfonamides is 1. The second-order valence-corrected chi connectivity index (χ2v) is 11.4. The summed E-state index contributed by atoms with van der Waals surface area (Å²) in [6, 6.07) is 17.0. The molecule has 0 aliphatic heterocycles. The summed E-state index contributed by atoms with van der Waals surface area (Å²) in [6.45, 7) is 5.08. The quantitative estimate of drug-likeness (QED) is 0.336. The zero-order valence-corrected chi connectivity index (χ0v) is 24.8. The van der Waals surface area contributed by atoms with Crippen LogP contribution in [0.5, 0.6) is 11.5 Å². The molecule has 0 heterocycles.